The van der Waals surface area contributed by atoms with Crippen molar-refractivity contribution in [1.82, 2.24) is 0 Å². The Morgan fingerprint density at radius 3 is 2.75 bits per heavy atom. The molecule has 0 aliphatic heterocycles. The Balaban J connectivity index is 3.07. The van der Waals surface area contributed by atoms with Crippen LogP contribution in [0.2, 0.25) is 0 Å². The SMILES string of the molecule is Cc1cc(C=O)c(CC(N)C(=O)O)cc1F. The highest BCUT2D eigenvalue weighted by Crippen LogP contribution is 2.15. The van der Waals surface area contributed by atoms with Gasteiger partial charge >= 0.3 is 5.97 Å². The zero-order chi connectivity index (χ0) is 12.3. The first-order valence-corrected chi connectivity index (χ1v) is 4.68. The van der Waals surface area contributed by atoms with Gasteiger partial charge in [0, 0.05) is 5.56 Å². The second-order valence-electron chi connectivity index (χ2n) is 3.57. The van der Waals surface area contributed by atoms with Crippen LogP contribution in [0.3, 0.4) is 0 Å². The van der Waals surface area contributed by atoms with Gasteiger partial charge in [-0.15, -0.1) is 0 Å². The van der Waals surface area contributed by atoms with Crippen molar-refractivity contribution in [3.8, 4) is 0 Å². The summed E-state index contributed by atoms with van der Waals surface area (Å²) in [7, 11) is 0. The fourth-order valence-electron chi connectivity index (χ4n) is 1.36. The van der Waals surface area contributed by atoms with Crippen LogP contribution in [-0.4, -0.2) is 23.4 Å². The van der Waals surface area contributed by atoms with Gasteiger partial charge in [-0.1, -0.05) is 0 Å². The number of benzene rings is 1. The Hall–Kier alpha value is -1.75. The molecule has 1 rings (SSSR count). The van der Waals surface area contributed by atoms with Crippen LogP contribution in [-0.2, 0) is 11.2 Å². The van der Waals surface area contributed by atoms with Crippen molar-refractivity contribution in [2.45, 2.75) is 19.4 Å². The van der Waals surface area contributed by atoms with Crippen LogP contribution in [0.15, 0.2) is 12.1 Å². The van der Waals surface area contributed by atoms with E-state index in [2.05, 4.69) is 0 Å². The van der Waals surface area contributed by atoms with Crippen LogP contribution >= 0.6 is 0 Å². The second-order valence-corrected chi connectivity index (χ2v) is 3.57. The number of aryl methyl sites for hydroxylation is 1. The van der Waals surface area contributed by atoms with Crippen molar-refractivity contribution in [1.29, 1.82) is 0 Å². The highest BCUT2D eigenvalue weighted by atomic mass is 19.1. The van der Waals surface area contributed by atoms with Gasteiger partial charge < -0.3 is 10.8 Å². The number of halogens is 1. The van der Waals surface area contributed by atoms with Crippen LogP contribution < -0.4 is 5.73 Å². The van der Waals surface area contributed by atoms with E-state index in [0.29, 0.717) is 17.4 Å². The summed E-state index contributed by atoms with van der Waals surface area (Å²) in [5.41, 5.74) is 6.25. The molecule has 5 heteroatoms. The molecule has 0 fully saturated rings. The average molecular weight is 225 g/mol. The molecule has 0 spiro atoms. The van der Waals surface area contributed by atoms with Crippen molar-refractivity contribution in [3.05, 3.63) is 34.6 Å². The summed E-state index contributed by atoms with van der Waals surface area (Å²) in [6.07, 6.45) is 0.497. The minimum atomic E-state index is -1.18. The Kier molecular flexibility index (Phi) is 3.73. The normalized spacial score (nSPS) is 12.2. The standard InChI is InChI=1S/C11H12FNO3/c1-6-2-8(5-14)7(3-9(6)12)4-10(13)11(15)16/h2-3,5,10H,4,13H2,1H3,(H,15,16). The van der Waals surface area contributed by atoms with Crippen molar-refractivity contribution in [2.75, 3.05) is 0 Å². The van der Waals surface area contributed by atoms with Crippen LogP contribution in [0, 0.1) is 12.7 Å². The number of hydrogen-bond donors (Lipinski definition) is 2. The predicted molar refractivity (Wildman–Crippen MR) is 55.8 cm³/mol. The molecule has 0 aliphatic rings. The highest BCUT2D eigenvalue weighted by Gasteiger charge is 2.15. The molecule has 4 nitrogen and oxygen atoms in total. The number of nitrogens with two attached hydrogens (primary N) is 1. The van der Waals surface area contributed by atoms with E-state index in [1.54, 1.807) is 0 Å². The summed E-state index contributed by atoms with van der Waals surface area (Å²) in [4.78, 5) is 21.3. The van der Waals surface area contributed by atoms with Gasteiger partial charge in [-0.25, -0.2) is 4.39 Å². The molecule has 0 heterocycles. The number of carbonyl (C=O) groups is 2. The summed E-state index contributed by atoms with van der Waals surface area (Å²) in [5, 5.41) is 8.62. The van der Waals surface area contributed by atoms with Crippen LogP contribution in [0.25, 0.3) is 0 Å². The van der Waals surface area contributed by atoms with Gasteiger partial charge in [0.25, 0.3) is 0 Å². The Morgan fingerprint density at radius 1 is 1.62 bits per heavy atom. The third kappa shape index (κ3) is 2.64. The molecule has 0 bridgehead atoms. The lowest BCUT2D eigenvalue weighted by Crippen LogP contribution is -2.32. The van der Waals surface area contributed by atoms with E-state index >= 15 is 0 Å². The molecule has 1 atom stereocenters. The van der Waals surface area contributed by atoms with Gasteiger partial charge in [-0.05, 0) is 36.6 Å². The molecule has 0 aliphatic carbocycles. The summed E-state index contributed by atoms with van der Waals surface area (Å²) < 4.78 is 13.2. The van der Waals surface area contributed by atoms with Crippen molar-refractivity contribution >= 4 is 12.3 Å². The summed E-state index contributed by atoms with van der Waals surface area (Å²) in [6.45, 7) is 1.53. The molecule has 0 amide bonds. The van der Waals surface area contributed by atoms with Gasteiger partial charge in [-0.2, -0.15) is 0 Å². The van der Waals surface area contributed by atoms with E-state index in [4.69, 9.17) is 10.8 Å². The number of carboxylic acid groups (broad SMARTS) is 1. The zero-order valence-electron chi connectivity index (χ0n) is 8.74. The quantitative estimate of drug-likeness (QED) is 0.746. The number of aldehydes is 1. The molecule has 0 radical (unpaired) electrons. The summed E-state index contributed by atoms with van der Waals surface area (Å²) in [6, 6.07) is 1.40. The molecule has 3 N–H and O–H groups in total. The van der Waals surface area contributed by atoms with E-state index in [0.717, 1.165) is 6.07 Å². The van der Waals surface area contributed by atoms with Crippen molar-refractivity contribution in [3.63, 3.8) is 0 Å². The van der Waals surface area contributed by atoms with Crippen LogP contribution in [0.4, 0.5) is 4.39 Å². The third-order valence-corrected chi connectivity index (χ3v) is 2.30. The van der Waals surface area contributed by atoms with E-state index in [1.165, 1.54) is 13.0 Å². The Bertz CT molecular complexity index is 431. The highest BCUT2D eigenvalue weighted by molar-refractivity contribution is 5.79. The van der Waals surface area contributed by atoms with Crippen molar-refractivity contribution in [2.24, 2.45) is 5.73 Å². The number of hydrogen-bond acceptors (Lipinski definition) is 3. The number of carbonyl (C=O) groups excluding carboxylic acids is 1. The monoisotopic (exact) mass is 225 g/mol. The average Bonchev–Trinajstić information content (AvgIpc) is 2.22. The minimum Gasteiger partial charge on any atom is -0.480 e. The maximum absolute atomic E-state index is 13.2. The first-order chi connectivity index (χ1) is 7.45. The topological polar surface area (TPSA) is 80.4 Å². The van der Waals surface area contributed by atoms with Crippen LogP contribution in [0.5, 0.6) is 0 Å². The Labute approximate surface area is 91.9 Å². The van der Waals surface area contributed by atoms with E-state index in [1.807, 2.05) is 0 Å². The van der Waals surface area contributed by atoms with Gasteiger partial charge in [0.05, 0.1) is 0 Å². The number of rotatable bonds is 4. The van der Waals surface area contributed by atoms with Gasteiger partial charge in [-0.3, -0.25) is 9.59 Å². The smallest absolute Gasteiger partial charge is 0.320 e. The molecule has 1 unspecified atom stereocenters. The van der Waals surface area contributed by atoms with E-state index < -0.39 is 17.8 Å². The molecular weight excluding hydrogens is 213 g/mol. The molecule has 86 valence electrons. The molecule has 16 heavy (non-hydrogen) atoms. The summed E-state index contributed by atoms with van der Waals surface area (Å²) in [5.74, 6) is -1.66. The zero-order valence-corrected chi connectivity index (χ0v) is 8.74. The largest absolute Gasteiger partial charge is 0.480 e. The van der Waals surface area contributed by atoms with Gasteiger partial charge in [0.15, 0.2) is 0 Å². The van der Waals surface area contributed by atoms with E-state index in [-0.39, 0.29) is 12.0 Å². The minimum absolute atomic E-state index is 0.0688. The fourth-order valence-corrected chi connectivity index (χ4v) is 1.36. The third-order valence-electron chi connectivity index (χ3n) is 2.30. The molecule has 1 aromatic carbocycles. The molecule has 0 aromatic heterocycles. The lowest BCUT2D eigenvalue weighted by atomic mass is 9.99. The molecular formula is C11H12FNO3. The van der Waals surface area contributed by atoms with Gasteiger partial charge in [0.2, 0.25) is 0 Å². The fraction of sp³-hybridized carbons (Fsp3) is 0.273. The maximum atomic E-state index is 13.2. The molecule has 0 saturated carbocycles. The predicted octanol–water partition coefficient (Wildman–Crippen LogP) is 0.901. The molecule has 0 saturated heterocycles. The lowest BCUT2D eigenvalue weighted by molar-refractivity contribution is -0.138. The molecule has 1 aromatic rings. The van der Waals surface area contributed by atoms with Crippen LogP contribution in [0.1, 0.15) is 21.5 Å². The summed E-state index contributed by atoms with van der Waals surface area (Å²) >= 11 is 0. The van der Waals surface area contributed by atoms with Gasteiger partial charge in [0.1, 0.15) is 18.1 Å². The maximum Gasteiger partial charge on any atom is 0.320 e. The first-order valence-electron chi connectivity index (χ1n) is 4.68. The number of aliphatic carboxylic acids is 1. The van der Waals surface area contributed by atoms with Crippen molar-refractivity contribution < 1.29 is 19.1 Å². The first kappa shape index (κ1) is 12.3. The van der Waals surface area contributed by atoms with E-state index in [9.17, 15) is 14.0 Å². The Morgan fingerprint density at radius 2 is 2.25 bits per heavy atom. The second kappa shape index (κ2) is 4.85. The lowest BCUT2D eigenvalue weighted by Gasteiger charge is -2.10. The number of carboxylic acids is 1.